The van der Waals surface area contributed by atoms with Crippen LogP contribution < -0.4 is 20.5 Å². The van der Waals surface area contributed by atoms with Crippen molar-refractivity contribution >= 4 is 11.4 Å². The summed E-state index contributed by atoms with van der Waals surface area (Å²) in [6.07, 6.45) is 0. The zero-order valence-electron chi connectivity index (χ0n) is 11.4. The van der Waals surface area contributed by atoms with E-state index in [1.807, 2.05) is 43.3 Å². The van der Waals surface area contributed by atoms with Crippen LogP contribution in [0.4, 0.5) is 11.4 Å². The molecule has 1 unspecified atom stereocenters. The number of nitrogens with two attached hydrogens (primary N) is 1. The van der Waals surface area contributed by atoms with Gasteiger partial charge in [-0.25, -0.2) is 0 Å². The lowest BCUT2D eigenvalue weighted by atomic mass is 10.1. The number of para-hydroxylation sites is 2. The van der Waals surface area contributed by atoms with E-state index in [1.165, 1.54) is 0 Å². The van der Waals surface area contributed by atoms with Crippen molar-refractivity contribution in [2.75, 3.05) is 24.3 Å². The van der Waals surface area contributed by atoms with Gasteiger partial charge in [0.15, 0.2) is 0 Å². The van der Waals surface area contributed by atoms with Gasteiger partial charge in [0.25, 0.3) is 0 Å². The average molecular weight is 270 g/mol. The van der Waals surface area contributed by atoms with Gasteiger partial charge in [0.05, 0.1) is 24.0 Å². The summed E-state index contributed by atoms with van der Waals surface area (Å²) in [7, 11) is 0. The molecule has 0 radical (unpaired) electrons. The minimum Gasteiger partial charge on any atom is -0.492 e. The van der Waals surface area contributed by atoms with E-state index in [2.05, 4.69) is 11.4 Å². The van der Waals surface area contributed by atoms with Gasteiger partial charge in [0.1, 0.15) is 18.1 Å². The summed E-state index contributed by atoms with van der Waals surface area (Å²) in [5, 5.41) is 3.43. The van der Waals surface area contributed by atoms with E-state index in [-0.39, 0.29) is 6.04 Å². The quantitative estimate of drug-likeness (QED) is 0.838. The van der Waals surface area contributed by atoms with Gasteiger partial charge in [-0.1, -0.05) is 24.3 Å². The molecule has 3 N–H and O–H groups in total. The number of ether oxygens (including phenoxy) is 2. The number of nitrogen functional groups attached to an aromatic ring is 1. The number of hydrogen-bond donors (Lipinski definition) is 2. The molecule has 4 nitrogen and oxygen atoms in total. The van der Waals surface area contributed by atoms with E-state index in [4.69, 9.17) is 15.2 Å². The number of fused-ring (bicyclic) bond motifs is 1. The normalized spacial score (nSPS) is 16.4. The van der Waals surface area contributed by atoms with Crippen LogP contribution in [0, 0.1) is 0 Å². The SMILES string of the molecule is CCOc1cccc(NC2COc3ccccc32)c1N. The van der Waals surface area contributed by atoms with Crippen molar-refractivity contribution in [1.29, 1.82) is 0 Å². The minimum atomic E-state index is 0.116. The first-order valence-electron chi connectivity index (χ1n) is 6.79. The topological polar surface area (TPSA) is 56.5 Å². The number of hydrogen-bond acceptors (Lipinski definition) is 4. The molecule has 4 heteroatoms. The molecule has 1 aliphatic heterocycles. The van der Waals surface area contributed by atoms with E-state index >= 15 is 0 Å². The Balaban J connectivity index is 1.84. The monoisotopic (exact) mass is 270 g/mol. The van der Waals surface area contributed by atoms with Crippen molar-refractivity contribution in [3.63, 3.8) is 0 Å². The lowest BCUT2D eigenvalue weighted by Crippen LogP contribution is -2.13. The van der Waals surface area contributed by atoms with Crippen molar-refractivity contribution < 1.29 is 9.47 Å². The smallest absolute Gasteiger partial charge is 0.144 e. The second-order valence-corrected chi connectivity index (χ2v) is 4.70. The maximum Gasteiger partial charge on any atom is 0.144 e. The Hall–Kier alpha value is -2.36. The largest absolute Gasteiger partial charge is 0.492 e. The predicted molar refractivity (Wildman–Crippen MR) is 80.3 cm³/mol. The molecule has 104 valence electrons. The molecule has 20 heavy (non-hydrogen) atoms. The molecule has 2 aromatic carbocycles. The molecule has 3 rings (SSSR count). The van der Waals surface area contributed by atoms with Gasteiger partial charge in [-0.05, 0) is 25.1 Å². The third-order valence-electron chi connectivity index (χ3n) is 3.40. The lowest BCUT2D eigenvalue weighted by Gasteiger charge is -2.17. The summed E-state index contributed by atoms with van der Waals surface area (Å²) < 4.78 is 11.2. The van der Waals surface area contributed by atoms with Crippen molar-refractivity contribution in [2.45, 2.75) is 13.0 Å². The van der Waals surface area contributed by atoms with Gasteiger partial charge in [0, 0.05) is 5.56 Å². The summed E-state index contributed by atoms with van der Waals surface area (Å²) in [6.45, 7) is 3.15. The number of rotatable bonds is 4. The molecular weight excluding hydrogens is 252 g/mol. The molecule has 0 saturated carbocycles. The molecule has 0 fully saturated rings. The fraction of sp³-hybridized carbons (Fsp3) is 0.250. The Kier molecular flexibility index (Phi) is 3.37. The molecule has 0 aliphatic carbocycles. The minimum absolute atomic E-state index is 0.116. The lowest BCUT2D eigenvalue weighted by molar-refractivity contribution is 0.338. The molecule has 0 saturated heterocycles. The van der Waals surface area contributed by atoms with Crippen LogP contribution in [-0.2, 0) is 0 Å². The van der Waals surface area contributed by atoms with Crippen molar-refractivity contribution in [2.24, 2.45) is 0 Å². The predicted octanol–water partition coefficient (Wildman–Crippen LogP) is 3.21. The maximum absolute atomic E-state index is 6.14. The molecule has 1 heterocycles. The number of anilines is 2. The molecule has 0 aromatic heterocycles. The van der Waals surface area contributed by atoms with Gasteiger partial charge in [-0.2, -0.15) is 0 Å². The van der Waals surface area contributed by atoms with Crippen LogP contribution in [0.25, 0.3) is 0 Å². The number of nitrogens with one attached hydrogen (secondary N) is 1. The maximum atomic E-state index is 6.14. The Bertz CT molecular complexity index is 613. The van der Waals surface area contributed by atoms with Crippen LogP contribution >= 0.6 is 0 Å². The first kappa shape index (κ1) is 12.7. The van der Waals surface area contributed by atoms with Crippen molar-refractivity contribution in [3.8, 4) is 11.5 Å². The van der Waals surface area contributed by atoms with Gasteiger partial charge < -0.3 is 20.5 Å². The van der Waals surface area contributed by atoms with E-state index in [0.29, 0.717) is 24.7 Å². The zero-order valence-corrected chi connectivity index (χ0v) is 11.4. The number of benzene rings is 2. The van der Waals surface area contributed by atoms with Crippen molar-refractivity contribution in [3.05, 3.63) is 48.0 Å². The summed E-state index contributed by atoms with van der Waals surface area (Å²) in [6, 6.07) is 13.9. The Morgan fingerprint density at radius 1 is 1.25 bits per heavy atom. The third-order valence-corrected chi connectivity index (χ3v) is 3.40. The summed E-state index contributed by atoms with van der Waals surface area (Å²) in [5.74, 6) is 1.65. The van der Waals surface area contributed by atoms with Crippen LogP contribution in [0.2, 0.25) is 0 Å². The highest BCUT2D eigenvalue weighted by Crippen LogP contribution is 2.37. The van der Waals surface area contributed by atoms with Crippen LogP contribution in [0.3, 0.4) is 0 Å². The molecular formula is C16H18N2O2. The van der Waals surface area contributed by atoms with Gasteiger partial charge >= 0.3 is 0 Å². The van der Waals surface area contributed by atoms with Crippen LogP contribution in [0.5, 0.6) is 11.5 Å². The second kappa shape index (κ2) is 5.33. The first-order chi connectivity index (χ1) is 9.79. The highest BCUT2D eigenvalue weighted by Gasteiger charge is 2.24. The Morgan fingerprint density at radius 2 is 2.10 bits per heavy atom. The Labute approximate surface area is 118 Å². The standard InChI is InChI=1S/C16H18N2O2/c1-2-19-15-9-5-7-12(16(15)17)18-13-10-20-14-8-4-3-6-11(13)14/h3-9,13,18H,2,10,17H2,1H3. The van der Waals surface area contributed by atoms with Crippen LogP contribution in [-0.4, -0.2) is 13.2 Å². The van der Waals surface area contributed by atoms with E-state index < -0.39 is 0 Å². The third kappa shape index (κ3) is 2.25. The molecule has 0 bridgehead atoms. The van der Waals surface area contributed by atoms with Gasteiger partial charge in [-0.3, -0.25) is 0 Å². The summed E-state index contributed by atoms with van der Waals surface area (Å²) in [5.41, 5.74) is 8.81. The molecule has 2 aromatic rings. The average Bonchev–Trinajstić information content (AvgIpc) is 2.87. The summed E-state index contributed by atoms with van der Waals surface area (Å²) in [4.78, 5) is 0. The van der Waals surface area contributed by atoms with Gasteiger partial charge in [-0.15, -0.1) is 0 Å². The Morgan fingerprint density at radius 3 is 2.95 bits per heavy atom. The van der Waals surface area contributed by atoms with Gasteiger partial charge in [0.2, 0.25) is 0 Å². The molecule has 0 amide bonds. The highest BCUT2D eigenvalue weighted by molar-refractivity contribution is 5.73. The van der Waals surface area contributed by atoms with Crippen molar-refractivity contribution in [1.82, 2.24) is 0 Å². The van der Waals surface area contributed by atoms with E-state index in [0.717, 1.165) is 17.0 Å². The van der Waals surface area contributed by atoms with E-state index in [1.54, 1.807) is 0 Å². The highest BCUT2D eigenvalue weighted by atomic mass is 16.5. The fourth-order valence-corrected chi connectivity index (χ4v) is 2.42. The molecule has 0 spiro atoms. The fourth-order valence-electron chi connectivity index (χ4n) is 2.42. The van der Waals surface area contributed by atoms with E-state index in [9.17, 15) is 0 Å². The zero-order chi connectivity index (χ0) is 13.9. The summed E-state index contributed by atoms with van der Waals surface area (Å²) >= 11 is 0. The van der Waals surface area contributed by atoms with Crippen LogP contribution in [0.15, 0.2) is 42.5 Å². The molecule has 1 aliphatic rings. The molecule has 1 atom stereocenters. The van der Waals surface area contributed by atoms with Crippen LogP contribution in [0.1, 0.15) is 18.5 Å². The first-order valence-corrected chi connectivity index (χ1v) is 6.79. The second-order valence-electron chi connectivity index (χ2n) is 4.70.